The zero-order valence-electron chi connectivity index (χ0n) is 25.9. The number of hydrogen-bond acceptors (Lipinski definition) is 10. The largest absolute Gasteiger partial charge is 0.480 e. The Bertz CT molecular complexity index is 1450. The highest BCUT2D eigenvalue weighted by atomic mass is 32.2. The van der Waals surface area contributed by atoms with Crippen LogP contribution in [0.15, 0.2) is 60.7 Å². The lowest BCUT2D eigenvalue weighted by Gasteiger charge is -2.28. The van der Waals surface area contributed by atoms with Gasteiger partial charge in [0.1, 0.15) is 30.2 Å². The maximum absolute atomic E-state index is 14.0. The SMILES string of the molecule is CC1(C)S[C@H](CNC(=O)[C@H](NC(=O)[C@@H](NC(=O)[C@H](N)c2ccccc2)[C@@H]2N[C@@H](C(=O)O)C(C)(C)S2)c2ccccc2)N[C@H]1C(=O)O. The molecule has 0 spiro atoms. The number of carbonyl (C=O) groups is 5. The minimum atomic E-state index is -1.32. The van der Waals surface area contributed by atoms with E-state index < -0.39 is 80.1 Å². The first-order chi connectivity index (χ1) is 21.6. The Balaban J connectivity index is 1.56. The molecule has 2 aliphatic rings. The highest BCUT2D eigenvalue weighted by Gasteiger charge is 2.50. The van der Waals surface area contributed by atoms with E-state index in [9.17, 15) is 34.2 Å². The topological polar surface area (TPSA) is 212 Å². The summed E-state index contributed by atoms with van der Waals surface area (Å²) < 4.78 is -1.46. The maximum Gasteiger partial charge on any atom is 0.322 e. The molecule has 9 N–H and O–H groups in total. The Labute approximate surface area is 275 Å². The molecule has 4 rings (SSSR count). The first-order valence-electron chi connectivity index (χ1n) is 14.7. The number of nitrogens with two attached hydrogens (primary N) is 1. The number of thioether (sulfide) groups is 2. The molecule has 46 heavy (non-hydrogen) atoms. The number of benzene rings is 2. The fraction of sp³-hybridized carbons (Fsp3) is 0.452. The number of carboxylic acids is 2. The Hall–Kier alpha value is -3.63. The molecular weight excluding hydrogens is 633 g/mol. The third-order valence-electron chi connectivity index (χ3n) is 7.91. The van der Waals surface area contributed by atoms with Gasteiger partial charge in [-0.25, -0.2) is 0 Å². The minimum Gasteiger partial charge on any atom is -0.480 e. The van der Waals surface area contributed by atoms with Crippen LogP contribution in [0, 0.1) is 0 Å². The maximum atomic E-state index is 14.0. The van der Waals surface area contributed by atoms with Crippen LogP contribution in [0.5, 0.6) is 0 Å². The van der Waals surface area contributed by atoms with Crippen LogP contribution < -0.4 is 32.3 Å². The van der Waals surface area contributed by atoms with Crippen molar-refractivity contribution >= 4 is 53.2 Å². The molecule has 3 amide bonds. The van der Waals surface area contributed by atoms with Crippen molar-refractivity contribution in [1.82, 2.24) is 26.6 Å². The Kier molecular flexibility index (Phi) is 11.0. The van der Waals surface area contributed by atoms with Gasteiger partial charge >= 0.3 is 11.9 Å². The molecule has 13 nitrogen and oxygen atoms in total. The molecule has 2 aromatic carbocycles. The second-order valence-corrected chi connectivity index (χ2v) is 15.9. The smallest absolute Gasteiger partial charge is 0.322 e. The zero-order chi connectivity index (χ0) is 33.8. The molecule has 7 atom stereocenters. The summed E-state index contributed by atoms with van der Waals surface area (Å²) in [5.74, 6) is -4.05. The molecule has 0 saturated carbocycles. The summed E-state index contributed by atoms with van der Waals surface area (Å²) in [6.07, 6.45) is 0. The highest BCUT2D eigenvalue weighted by molar-refractivity contribution is 8.01. The van der Waals surface area contributed by atoms with Crippen molar-refractivity contribution in [3.63, 3.8) is 0 Å². The van der Waals surface area contributed by atoms with Crippen LogP contribution in [0.25, 0.3) is 0 Å². The van der Waals surface area contributed by atoms with Gasteiger partial charge in [-0.15, -0.1) is 23.5 Å². The Morgan fingerprint density at radius 1 is 0.761 bits per heavy atom. The lowest BCUT2D eigenvalue weighted by Crippen LogP contribution is -2.59. The third-order valence-corrected chi connectivity index (χ3v) is 10.8. The van der Waals surface area contributed by atoms with E-state index in [0.717, 1.165) is 0 Å². The van der Waals surface area contributed by atoms with E-state index in [2.05, 4.69) is 26.6 Å². The molecule has 2 heterocycles. The fourth-order valence-corrected chi connectivity index (χ4v) is 8.36. The number of nitrogens with one attached hydrogen (secondary N) is 5. The normalized spacial score (nSPS) is 25.1. The fourth-order valence-electron chi connectivity index (χ4n) is 5.46. The zero-order valence-corrected chi connectivity index (χ0v) is 27.5. The van der Waals surface area contributed by atoms with Crippen LogP contribution in [0.2, 0.25) is 0 Å². The molecule has 2 aromatic rings. The van der Waals surface area contributed by atoms with Gasteiger partial charge in [-0.1, -0.05) is 60.7 Å². The number of amides is 3. The number of aliphatic carboxylic acids is 2. The number of hydrogen-bond donors (Lipinski definition) is 8. The average molecular weight is 673 g/mol. The summed E-state index contributed by atoms with van der Waals surface area (Å²) in [6.45, 7) is 7.14. The van der Waals surface area contributed by atoms with E-state index >= 15 is 0 Å². The summed E-state index contributed by atoms with van der Waals surface area (Å²) in [7, 11) is 0. The Morgan fingerprint density at radius 2 is 1.28 bits per heavy atom. The lowest BCUT2D eigenvalue weighted by atomic mass is 10.0. The first-order valence-corrected chi connectivity index (χ1v) is 16.4. The number of rotatable bonds is 12. The third kappa shape index (κ3) is 8.20. The predicted octanol–water partition coefficient (Wildman–Crippen LogP) is 0.934. The number of carbonyl (C=O) groups excluding carboxylic acids is 3. The summed E-state index contributed by atoms with van der Waals surface area (Å²) >= 11 is 2.57. The summed E-state index contributed by atoms with van der Waals surface area (Å²) in [5.41, 5.74) is 7.21. The molecule has 0 radical (unpaired) electrons. The van der Waals surface area contributed by atoms with Gasteiger partial charge in [0, 0.05) is 16.0 Å². The summed E-state index contributed by atoms with van der Waals surface area (Å²) in [5, 5.41) is 32.4. The van der Waals surface area contributed by atoms with Gasteiger partial charge in [-0.3, -0.25) is 34.6 Å². The van der Waals surface area contributed by atoms with E-state index in [1.807, 2.05) is 13.8 Å². The molecule has 0 unspecified atom stereocenters. The quantitative estimate of drug-likeness (QED) is 0.158. The van der Waals surface area contributed by atoms with Crippen LogP contribution in [0.1, 0.15) is 50.9 Å². The van der Waals surface area contributed by atoms with Crippen molar-refractivity contribution in [2.75, 3.05) is 6.54 Å². The highest BCUT2D eigenvalue weighted by Crippen LogP contribution is 2.40. The van der Waals surface area contributed by atoms with Crippen molar-refractivity contribution in [3.8, 4) is 0 Å². The van der Waals surface area contributed by atoms with Crippen molar-refractivity contribution in [2.24, 2.45) is 5.73 Å². The molecule has 0 aliphatic carbocycles. The van der Waals surface area contributed by atoms with Gasteiger partial charge in [0.2, 0.25) is 17.7 Å². The van der Waals surface area contributed by atoms with Gasteiger partial charge in [0.15, 0.2) is 0 Å². The summed E-state index contributed by atoms with van der Waals surface area (Å²) in [4.78, 5) is 64.7. The molecule has 0 aromatic heterocycles. The van der Waals surface area contributed by atoms with Crippen LogP contribution >= 0.6 is 23.5 Å². The van der Waals surface area contributed by atoms with E-state index in [1.54, 1.807) is 74.5 Å². The van der Waals surface area contributed by atoms with E-state index in [0.29, 0.717) is 11.1 Å². The van der Waals surface area contributed by atoms with Gasteiger partial charge in [0.25, 0.3) is 0 Å². The van der Waals surface area contributed by atoms with Crippen molar-refractivity contribution in [2.45, 2.75) is 78.1 Å². The predicted molar refractivity (Wildman–Crippen MR) is 176 cm³/mol. The van der Waals surface area contributed by atoms with Crippen LogP contribution in [-0.2, 0) is 24.0 Å². The summed E-state index contributed by atoms with van der Waals surface area (Å²) in [6, 6.07) is 11.6. The van der Waals surface area contributed by atoms with E-state index in [1.165, 1.54) is 23.5 Å². The standard InChI is InChI=1S/C31H40N6O7S2/c1-30(2)22(28(41)42)34-18(45-30)15-33-25(39)20(17-13-9-6-10-14-17)35-26(40)21(27-37-23(29(43)44)31(3,4)46-27)36-24(38)19(32)16-11-7-5-8-12-16/h5-14,18-23,27,34,37H,15,32H2,1-4H3,(H,33,39)(H,35,40)(H,36,38)(H,41,42)(H,43,44)/t18-,19-,20-,21-,22+,23+,27-/m1/s1. The Morgan fingerprint density at radius 3 is 1.80 bits per heavy atom. The van der Waals surface area contributed by atoms with Crippen molar-refractivity contribution in [3.05, 3.63) is 71.8 Å². The molecular formula is C31H40N6O7S2. The molecule has 2 saturated heterocycles. The second-order valence-electron chi connectivity index (χ2n) is 12.2. The van der Waals surface area contributed by atoms with Crippen LogP contribution in [0.3, 0.4) is 0 Å². The molecule has 2 fully saturated rings. The first kappa shape index (κ1) is 35.2. The molecule has 0 bridgehead atoms. The van der Waals surface area contributed by atoms with E-state index in [4.69, 9.17) is 5.73 Å². The lowest BCUT2D eigenvalue weighted by molar-refractivity contribution is -0.141. The van der Waals surface area contributed by atoms with E-state index in [-0.39, 0.29) is 6.54 Å². The van der Waals surface area contributed by atoms with Crippen LogP contribution in [0.4, 0.5) is 0 Å². The monoisotopic (exact) mass is 672 g/mol. The number of carboxylic acid groups (broad SMARTS) is 2. The molecule has 248 valence electrons. The van der Waals surface area contributed by atoms with Gasteiger partial charge in [-0.2, -0.15) is 0 Å². The van der Waals surface area contributed by atoms with Crippen molar-refractivity contribution < 1.29 is 34.2 Å². The van der Waals surface area contributed by atoms with Crippen LogP contribution in [-0.4, -0.2) is 84.8 Å². The molecule has 2 aliphatic heterocycles. The van der Waals surface area contributed by atoms with Gasteiger partial charge in [-0.05, 0) is 38.8 Å². The van der Waals surface area contributed by atoms with Crippen molar-refractivity contribution in [1.29, 1.82) is 0 Å². The molecule has 15 heteroatoms. The average Bonchev–Trinajstić information content (AvgIpc) is 3.51. The minimum absolute atomic E-state index is 0.0799. The van der Waals surface area contributed by atoms with Gasteiger partial charge in [0.05, 0.1) is 10.7 Å². The second kappa shape index (κ2) is 14.4. The van der Waals surface area contributed by atoms with Gasteiger partial charge < -0.3 is 31.9 Å².